The average molecular weight is 139 g/mol. The Labute approximate surface area is 63.7 Å². The minimum absolute atomic E-state index is 0.970. The number of rotatable bonds is 4. The van der Waals surface area contributed by atoms with Crippen LogP contribution in [0.3, 0.4) is 0 Å². The number of hydrogen-bond donors (Lipinski definition) is 0. The summed E-state index contributed by atoms with van der Waals surface area (Å²) in [5.41, 5.74) is 0. The van der Waals surface area contributed by atoms with Crippen molar-refractivity contribution in [3.8, 4) is 0 Å². The van der Waals surface area contributed by atoms with Crippen molar-refractivity contribution >= 4 is 0 Å². The second-order valence-electron chi connectivity index (χ2n) is 3.07. The zero-order valence-corrected chi connectivity index (χ0v) is 6.84. The molecule has 0 bridgehead atoms. The fourth-order valence-electron chi connectivity index (χ4n) is 1.34. The normalized spacial score (nSPS) is 18.1. The molecule has 0 amide bonds. The summed E-state index contributed by atoms with van der Waals surface area (Å²) in [6.45, 7) is 8.30. The van der Waals surface area contributed by atoms with Crippen LogP contribution in [0.25, 0.3) is 0 Å². The molecule has 1 aliphatic carbocycles. The Kier molecular flexibility index (Phi) is 2.79. The fourth-order valence-corrected chi connectivity index (χ4v) is 1.34. The van der Waals surface area contributed by atoms with E-state index in [0.717, 1.165) is 12.5 Å². The van der Waals surface area contributed by atoms with Crippen LogP contribution >= 0.6 is 0 Å². The van der Waals surface area contributed by atoms with Crippen LogP contribution in [0.1, 0.15) is 26.2 Å². The summed E-state index contributed by atoms with van der Waals surface area (Å²) in [4.78, 5) is 2.30. The van der Waals surface area contributed by atoms with E-state index >= 15 is 0 Å². The maximum Gasteiger partial charge on any atom is 0.0200 e. The molecule has 0 N–H and O–H groups in total. The predicted molar refractivity (Wildman–Crippen MR) is 44.8 cm³/mol. The van der Waals surface area contributed by atoms with Gasteiger partial charge in [-0.2, -0.15) is 0 Å². The van der Waals surface area contributed by atoms with Crippen molar-refractivity contribution in [3.63, 3.8) is 0 Å². The monoisotopic (exact) mass is 139 g/mol. The molecule has 0 aromatic rings. The Morgan fingerprint density at radius 1 is 1.60 bits per heavy atom. The second kappa shape index (κ2) is 3.65. The summed E-state index contributed by atoms with van der Waals surface area (Å²) in [5, 5.41) is 0. The third kappa shape index (κ3) is 1.76. The zero-order valence-electron chi connectivity index (χ0n) is 6.84. The van der Waals surface area contributed by atoms with Crippen molar-refractivity contribution in [2.24, 2.45) is 5.92 Å². The molecule has 1 rings (SSSR count). The highest BCUT2D eigenvalue weighted by Gasteiger charge is 2.18. The van der Waals surface area contributed by atoms with Crippen LogP contribution in [-0.4, -0.2) is 18.0 Å². The summed E-state index contributed by atoms with van der Waals surface area (Å²) < 4.78 is 0. The molecule has 1 saturated carbocycles. The Hall–Kier alpha value is -0.460. The van der Waals surface area contributed by atoms with Crippen LogP contribution in [0, 0.1) is 5.92 Å². The lowest BCUT2D eigenvalue weighted by Gasteiger charge is -2.30. The largest absolute Gasteiger partial charge is 0.378 e. The first-order valence-electron chi connectivity index (χ1n) is 4.23. The molecule has 0 radical (unpaired) electrons. The summed E-state index contributed by atoms with van der Waals surface area (Å²) in [6.07, 6.45) is 6.27. The lowest BCUT2D eigenvalue weighted by molar-refractivity contribution is 0.229. The van der Waals surface area contributed by atoms with E-state index in [9.17, 15) is 0 Å². The number of hydrogen-bond acceptors (Lipinski definition) is 1. The highest BCUT2D eigenvalue weighted by molar-refractivity contribution is 4.77. The molecule has 0 spiro atoms. The molecule has 10 heavy (non-hydrogen) atoms. The minimum Gasteiger partial charge on any atom is -0.378 e. The molecular formula is C9H17N. The molecule has 1 nitrogen and oxygen atoms in total. The molecule has 1 heteroatoms. The van der Waals surface area contributed by atoms with E-state index in [0.29, 0.717) is 0 Å². The molecular weight excluding hydrogens is 122 g/mol. The van der Waals surface area contributed by atoms with Gasteiger partial charge in [0, 0.05) is 13.1 Å². The predicted octanol–water partition coefficient (Wildman–Crippen LogP) is 2.25. The van der Waals surface area contributed by atoms with Gasteiger partial charge in [0.2, 0.25) is 0 Å². The van der Waals surface area contributed by atoms with Crippen LogP contribution in [0.15, 0.2) is 12.8 Å². The second-order valence-corrected chi connectivity index (χ2v) is 3.07. The van der Waals surface area contributed by atoms with E-state index in [2.05, 4.69) is 18.4 Å². The van der Waals surface area contributed by atoms with Crippen molar-refractivity contribution in [2.45, 2.75) is 26.2 Å². The van der Waals surface area contributed by atoms with Crippen molar-refractivity contribution in [2.75, 3.05) is 13.1 Å². The van der Waals surface area contributed by atoms with Gasteiger partial charge in [-0.15, -0.1) is 0 Å². The first-order chi connectivity index (χ1) is 4.86. The summed E-state index contributed by atoms with van der Waals surface area (Å²) in [5.74, 6) is 0.970. The Bertz CT molecular complexity index is 105. The zero-order chi connectivity index (χ0) is 7.40. The van der Waals surface area contributed by atoms with Gasteiger partial charge >= 0.3 is 0 Å². The summed E-state index contributed by atoms with van der Waals surface area (Å²) >= 11 is 0. The lowest BCUT2D eigenvalue weighted by atomic mass is 9.85. The van der Waals surface area contributed by atoms with Crippen LogP contribution < -0.4 is 0 Å². The minimum atomic E-state index is 0.970. The highest BCUT2D eigenvalue weighted by atomic mass is 15.1. The lowest BCUT2D eigenvalue weighted by Crippen LogP contribution is -2.28. The van der Waals surface area contributed by atoms with E-state index < -0.39 is 0 Å². The molecule has 0 atom stereocenters. The van der Waals surface area contributed by atoms with Crippen molar-refractivity contribution in [1.82, 2.24) is 4.90 Å². The van der Waals surface area contributed by atoms with E-state index in [1.165, 1.54) is 25.8 Å². The van der Waals surface area contributed by atoms with Gasteiger partial charge in [0.25, 0.3) is 0 Å². The quantitative estimate of drug-likeness (QED) is 0.577. The maximum absolute atomic E-state index is 3.77. The van der Waals surface area contributed by atoms with Gasteiger partial charge in [-0.3, -0.25) is 0 Å². The van der Waals surface area contributed by atoms with Crippen LogP contribution in [0.4, 0.5) is 0 Å². The van der Waals surface area contributed by atoms with Crippen LogP contribution in [-0.2, 0) is 0 Å². The maximum atomic E-state index is 3.77. The fraction of sp³-hybridized carbons (Fsp3) is 0.778. The smallest absolute Gasteiger partial charge is 0.0200 e. The average Bonchev–Trinajstić information content (AvgIpc) is 1.87. The highest BCUT2D eigenvalue weighted by Crippen LogP contribution is 2.26. The summed E-state index contributed by atoms with van der Waals surface area (Å²) in [7, 11) is 0. The van der Waals surface area contributed by atoms with Gasteiger partial charge in [-0.1, -0.05) is 13.0 Å². The molecule has 0 aromatic carbocycles. The van der Waals surface area contributed by atoms with Gasteiger partial charge in [-0.05, 0) is 31.9 Å². The van der Waals surface area contributed by atoms with Crippen molar-refractivity contribution < 1.29 is 0 Å². The molecule has 0 unspecified atom stereocenters. The van der Waals surface area contributed by atoms with Gasteiger partial charge in [0.05, 0.1) is 0 Å². The van der Waals surface area contributed by atoms with Gasteiger partial charge in [0.1, 0.15) is 0 Å². The van der Waals surface area contributed by atoms with E-state index in [1.54, 1.807) is 0 Å². The third-order valence-electron chi connectivity index (χ3n) is 2.38. The first kappa shape index (κ1) is 7.64. The van der Waals surface area contributed by atoms with Crippen LogP contribution in [0.5, 0.6) is 0 Å². The van der Waals surface area contributed by atoms with E-state index in [-0.39, 0.29) is 0 Å². The third-order valence-corrected chi connectivity index (χ3v) is 2.38. The SMILES string of the molecule is C=CN(CC)CC1CCC1. The molecule has 0 aromatic heterocycles. The Morgan fingerprint density at radius 2 is 2.30 bits per heavy atom. The summed E-state index contributed by atoms with van der Waals surface area (Å²) in [6, 6.07) is 0. The molecule has 0 heterocycles. The van der Waals surface area contributed by atoms with Crippen molar-refractivity contribution in [1.29, 1.82) is 0 Å². The van der Waals surface area contributed by atoms with E-state index in [4.69, 9.17) is 0 Å². The van der Waals surface area contributed by atoms with Crippen molar-refractivity contribution in [3.05, 3.63) is 12.8 Å². The standard InChI is InChI=1S/C9H17N/c1-3-10(4-2)8-9-6-5-7-9/h3,9H,1,4-8H2,2H3. The molecule has 1 fully saturated rings. The van der Waals surface area contributed by atoms with Crippen LogP contribution in [0.2, 0.25) is 0 Å². The first-order valence-corrected chi connectivity index (χ1v) is 4.23. The van der Waals surface area contributed by atoms with E-state index in [1.807, 2.05) is 6.20 Å². The molecule has 58 valence electrons. The van der Waals surface area contributed by atoms with Gasteiger partial charge < -0.3 is 4.90 Å². The van der Waals surface area contributed by atoms with Gasteiger partial charge in [0.15, 0.2) is 0 Å². The Balaban J connectivity index is 2.13. The molecule has 0 aliphatic heterocycles. The molecule has 1 aliphatic rings. The number of nitrogens with zero attached hydrogens (tertiary/aromatic N) is 1. The van der Waals surface area contributed by atoms with Gasteiger partial charge in [-0.25, -0.2) is 0 Å². The Morgan fingerprint density at radius 3 is 2.60 bits per heavy atom. The molecule has 0 saturated heterocycles. The topological polar surface area (TPSA) is 3.24 Å².